The number of ether oxygens (including phenoxy) is 3. The third-order valence-electron chi connectivity index (χ3n) is 5.08. The van der Waals surface area contributed by atoms with Gasteiger partial charge in [-0.15, -0.1) is 0 Å². The van der Waals surface area contributed by atoms with Gasteiger partial charge in [0.05, 0.1) is 24.2 Å². The van der Waals surface area contributed by atoms with Gasteiger partial charge in [0.25, 0.3) is 0 Å². The molecule has 2 heterocycles. The van der Waals surface area contributed by atoms with Crippen LogP contribution < -0.4 is 5.73 Å². The fourth-order valence-electron chi connectivity index (χ4n) is 3.53. The quantitative estimate of drug-likeness (QED) is 0.858. The van der Waals surface area contributed by atoms with Crippen molar-refractivity contribution in [3.05, 3.63) is 35.4 Å². The Labute approximate surface area is 137 Å². The number of carbonyl (C=O) groups is 1. The van der Waals surface area contributed by atoms with Crippen molar-refractivity contribution in [3.63, 3.8) is 0 Å². The van der Waals surface area contributed by atoms with Crippen LogP contribution in [0.15, 0.2) is 24.3 Å². The molecule has 0 bridgehead atoms. The highest BCUT2D eigenvalue weighted by atomic mass is 16.5. The number of benzene rings is 1. The summed E-state index contributed by atoms with van der Waals surface area (Å²) in [5.74, 6) is -0.150. The second kappa shape index (κ2) is 6.59. The van der Waals surface area contributed by atoms with Gasteiger partial charge in [-0.2, -0.15) is 0 Å². The van der Waals surface area contributed by atoms with Crippen LogP contribution in [-0.2, 0) is 30.0 Å². The maximum Gasteiger partial charge on any atom is 0.316 e. The number of nitrogens with two attached hydrogens (primary N) is 1. The minimum absolute atomic E-state index is 0.150. The molecule has 2 fully saturated rings. The number of carbonyl (C=O) groups excluding carboxylic acids is 1. The fraction of sp³-hybridized carbons (Fsp3) is 0.611. The Morgan fingerprint density at radius 3 is 2.26 bits per heavy atom. The maximum atomic E-state index is 12.6. The highest BCUT2D eigenvalue weighted by molar-refractivity contribution is 5.83. The lowest BCUT2D eigenvalue weighted by Gasteiger charge is -2.35. The lowest BCUT2D eigenvalue weighted by molar-refractivity contribution is -0.154. The molecule has 2 saturated heterocycles. The second-order valence-electron chi connectivity index (χ2n) is 6.45. The zero-order valence-corrected chi connectivity index (χ0v) is 13.7. The first-order chi connectivity index (χ1) is 11.1. The standard InChI is InChI=1S/C18H25NO4/c1-2-23-16(20)17(7-10-21-11-8-17)14-3-5-15(6-4-14)18(19)9-12-22-13-18/h3-6H,2,7-13,19H2,1H3. The van der Waals surface area contributed by atoms with Crippen LogP contribution in [-0.4, -0.2) is 39.0 Å². The summed E-state index contributed by atoms with van der Waals surface area (Å²) in [7, 11) is 0. The van der Waals surface area contributed by atoms with Gasteiger partial charge in [-0.3, -0.25) is 4.79 Å². The summed E-state index contributed by atoms with van der Waals surface area (Å²) in [5, 5.41) is 0. The van der Waals surface area contributed by atoms with Crippen molar-refractivity contribution in [1.82, 2.24) is 0 Å². The summed E-state index contributed by atoms with van der Waals surface area (Å²) in [6, 6.07) is 8.09. The van der Waals surface area contributed by atoms with Gasteiger partial charge in [0.15, 0.2) is 0 Å². The normalized spacial score (nSPS) is 26.9. The van der Waals surface area contributed by atoms with Gasteiger partial charge < -0.3 is 19.9 Å². The minimum Gasteiger partial charge on any atom is -0.465 e. The number of esters is 1. The summed E-state index contributed by atoms with van der Waals surface area (Å²) >= 11 is 0. The van der Waals surface area contributed by atoms with Crippen molar-refractivity contribution in [1.29, 1.82) is 0 Å². The number of hydrogen-bond donors (Lipinski definition) is 1. The second-order valence-corrected chi connectivity index (χ2v) is 6.45. The van der Waals surface area contributed by atoms with Gasteiger partial charge in [-0.1, -0.05) is 24.3 Å². The molecule has 3 rings (SSSR count). The Kier molecular flexibility index (Phi) is 4.71. The Morgan fingerprint density at radius 1 is 1.09 bits per heavy atom. The van der Waals surface area contributed by atoms with E-state index in [2.05, 4.69) is 0 Å². The van der Waals surface area contributed by atoms with E-state index in [1.807, 2.05) is 31.2 Å². The molecule has 0 aromatic heterocycles. The van der Waals surface area contributed by atoms with E-state index in [0.717, 1.165) is 17.5 Å². The molecule has 126 valence electrons. The molecule has 1 atom stereocenters. The molecule has 0 spiro atoms. The number of hydrogen-bond acceptors (Lipinski definition) is 5. The summed E-state index contributed by atoms with van der Waals surface area (Å²) in [6.45, 7) is 4.63. The third-order valence-corrected chi connectivity index (χ3v) is 5.08. The molecule has 5 heteroatoms. The molecule has 1 unspecified atom stereocenters. The van der Waals surface area contributed by atoms with Crippen molar-refractivity contribution < 1.29 is 19.0 Å². The topological polar surface area (TPSA) is 70.8 Å². The van der Waals surface area contributed by atoms with Crippen LogP contribution >= 0.6 is 0 Å². The average molecular weight is 319 g/mol. The van der Waals surface area contributed by atoms with Crippen LogP contribution in [0.5, 0.6) is 0 Å². The van der Waals surface area contributed by atoms with Crippen molar-refractivity contribution in [2.24, 2.45) is 5.73 Å². The molecule has 0 saturated carbocycles. The van der Waals surface area contributed by atoms with Crippen molar-refractivity contribution in [2.45, 2.75) is 37.1 Å². The Balaban J connectivity index is 1.89. The van der Waals surface area contributed by atoms with Crippen LogP contribution in [0.1, 0.15) is 37.3 Å². The van der Waals surface area contributed by atoms with E-state index in [1.54, 1.807) is 0 Å². The first kappa shape index (κ1) is 16.4. The molecule has 2 aliphatic heterocycles. The van der Waals surface area contributed by atoms with Crippen LogP contribution in [0.3, 0.4) is 0 Å². The first-order valence-corrected chi connectivity index (χ1v) is 8.33. The van der Waals surface area contributed by atoms with Crippen molar-refractivity contribution >= 4 is 5.97 Å². The van der Waals surface area contributed by atoms with Crippen LogP contribution in [0.2, 0.25) is 0 Å². The molecular formula is C18H25NO4. The summed E-state index contributed by atoms with van der Waals surface area (Å²) in [4.78, 5) is 12.6. The Morgan fingerprint density at radius 2 is 1.70 bits per heavy atom. The molecule has 1 aromatic carbocycles. The van der Waals surface area contributed by atoms with E-state index in [9.17, 15) is 4.79 Å². The molecule has 0 aliphatic carbocycles. The molecular weight excluding hydrogens is 294 g/mol. The van der Waals surface area contributed by atoms with E-state index < -0.39 is 11.0 Å². The monoisotopic (exact) mass is 319 g/mol. The highest BCUT2D eigenvalue weighted by Crippen LogP contribution is 2.37. The SMILES string of the molecule is CCOC(=O)C1(c2ccc(C3(N)CCOC3)cc2)CCOCC1. The van der Waals surface area contributed by atoms with Gasteiger partial charge in [0.2, 0.25) is 0 Å². The maximum absolute atomic E-state index is 12.6. The van der Waals surface area contributed by atoms with Crippen molar-refractivity contribution in [3.8, 4) is 0 Å². The summed E-state index contributed by atoms with van der Waals surface area (Å²) in [6.07, 6.45) is 2.13. The predicted octanol–water partition coefficient (Wildman–Crippen LogP) is 1.87. The van der Waals surface area contributed by atoms with E-state index in [4.69, 9.17) is 19.9 Å². The first-order valence-electron chi connectivity index (χ1n) is 8.33. The van der Waals surface area contributed by atoms with Gasteiger partial charge >= 0.3 is 5.97 Å². The molecule has 2 aliphatic rings. The van der Waals surface area contributed by atoms with Gasteiger partial charge in [-0.05, 0) is 37.3 Å². The van der Waals surface area contributed by atoms with Gasteiger partial charge in [0, 0.05) is 19.8 Å². The highest BCUT2D eigenvalue weighted by Gasteiger charge is 2.43. The molecule has 0 radical (unpaired) electrons. The molecule has 2 N–H and O–H groups in total. The van der Waals surface area contributed by atoms with Gasteiger partial charge in [0.1, 0.15) is 0 Å². The average Bonchev–Trinajstić information content (AvgIpc) is 3.04. The van der Waals surface area contributed by atoms with E-state index in [0.29, 0.717) is 45.9 Å². The van der Waals surface area contributed by atoms with Gasteiger partial charge in [-0.25, -0.2) is 0 Å². The summed E-state index contributed by atoms with van der Waals surface area (Å²) < 4.78 is 16.2. The molecule has 23 heavy (non-hydrogen) atoms. The molecule has 1 aromatic rings. The van der Waals surface area contributed by atoms with Crippen LogP contribution in [0.4, 0.5) is 0 Å². The molecule has 0 amide bonds. The zero-order chi connectivity index (χ0) is 16.3. The Bertz CT molecular complexity index is 543. The van der Waals surface area contributed by atoms with E-state index in [-0.39, 0.29) is 5.97 Å². The minimum atomic E-state index is -0.597. The van der Waals surface area contributed by atoms with E-state index in [1.165, 1.54) is 0 Å². The number of rotatable bonds is 4. The van der Waals surface area contributed by atoms with Crippen LogP contribution in [0.25, 0.3) is 0 Å². The largest absolute Gasteiger partial charge is 0.465 e. The van der Waals surface area contributed by atoms with E-state index >= 15 is 0 Å². The lowest BCUT2D eigenvalue weighted by Crippen LogP contribution is -2.43. The predicted molar refractivity (Wildman–Crippen MR) is 86.1 cm³/mol. The summed E-state index contributed by atoms with van der Waals surface area (Å²) in [5.41, 5.74) is 7.46. The third kappa shape index (κ3) is 3.01. The zero-order valence-electron chi connectivity index (χ0n) is 13.7. The van der Waals surface area contributed by atoms with Crippen LogP contribution in [0, 0.1) is 0 Å². The fourth-order valence-corrected chi connectivity index (χ4v) is 3.53. The smallest absolute Gasteiger partial charge is 0.316 e. The lowest BCUT2D eigenvalue weighted by atomic mass is 9.73. The molecule has 5 nitrogen and oxygen atoms in total. The Hall–Kier alpha value is -1.43. The van der Waals surface area contributed by atoms with Crippen molar-refractivity contribution in [2.75, 3.05) is 33.0 Å².